The lowest BCUT2D eigenvalue weighted by molar-refractivity contribution is -0.384. The number of aliphatic imine (C=N–C) groups is 1. The number of rotatable bonds is 6. The second kappa shape index (κ2) is 8.66. The summed E-state index contributed by atoms with van der Waals surface area (Å²) >= 11 is 1.32. The number of fused-ring (bicyclic) bond motifs is 1. The van der Waals surface area contributed by atoms with Crippen LogP contribution in [0.25, 0.3) is 11.8 Å². The van der Waals surface area contributed by atoms with Crippen molar-refractivity contribution in [3.05, 3.63) is 56.9 Å². The minimum absolute atomic E-state index is 0.0127. The first-order valence-corrected chi connectivity index (χ1v) is 11.1. The van der Waals surface area contributed by atoms with Gasteiger partial charge in [0, 0.05) is 17.5 Å². The Morgan fingerprint density at radius 1 is 1.30 bits per heavy atom. The predicted octanol–water partition coefficient (Wildman–Crippen LogP) is 4.43. The van der Waals surface area contributed by atoms with Crippen LogP contribution in [0.4, 0.5) is 5.69 Å². The maximum Gasteiger partial charge on any atom is 0.283 e. The number of aromatic nitrogens is 1. The zero-order valence-corrected chi connectivity index (χ0v) is 19.4. The highest BCUT2D eigenvalue weighted by atomic mass is 32.2. The molecule has 0 spiro atoms. The van der Waals surface area contributed by atoms with E-state index in [0.717, 1.165) is 34.8 Å². The highest BCUT2D eigenvalue weighted by Crippen LogP contribution is 2.33. The number of aryl methyl sites for hydroxylation is 1. The number of carbonyl (C=O) groups excluding carboxylic acids is 1. The Kier molecular flexibility index (Phi) is 5.90. The monoisotopic (exact) mass is 466 g/mol. The van der Waals surface area contributed by atoms with Crippen molar-refractivity contribution < 1.29 is 14.5 Å². The second-order valence-corrected chi connectivity index (χ2v) is 8.58. The number of non-ortho nitro benzene ring substituents is 1. The number of carbonyl (C=O) groups is 1. The minimum Gasteiger partial charge on any atom is -0.494 e. The number of thioether (sulfide) groups is 1. The predicted molar refractivity (Wildman–Crippen MR) is 128 cm³/mol. The highest BCUT2D eigenvalue weighted by Gasteiger charge is 2.35. The van der Waals surface area contributed by atoms with Gasteiger partial charge in [-0.1, -0.05) is 6.92 Å². The molecule has 170 valence electrons. The van der Waals surface area contributed by atoms with E-state index in [9.17, 15) is 14.9 Å². The van der Waals surface area contributed by atoms with E-state index in [1.807, 2.05) is 31.4 Å². The van der Waals surface area contributed by atoms with Gasteiger partial charge in [-0.05, 0) is 62.2 Å². The van der Waals surface area contributed by atoms with Crippen LogP contribution in [0, 0.1) is 29.4 Å². The van der Waals surface area contributed by atoms with Crippen molar-refractivity contribution in [3.63, 3.8) is 0 Å². The quantitative estimate of drug-likeness (QED) is 0.381. The molecule has 33 heavy (non-hydrogen) atoms. The molecule has 2 aliphatic rings. The van der Waals surface area contributed by atoms with Crippen LogP contribution in [-0.2, 0) is 4.79 Å². The van der Waals surface area contributed by atoms with Crippen molar-refractivity contribution in [3.8, 4) is 11.4 Å². The molecule has 10 nitrogen and oxygen atoms in total. The molecule has 0 radical (unpaired) electrons. The normalized spacial score (nSPS) is 16.7. The van der Waals surface area contributed by atoms with Crippen molar-refractivity contribution in [1.29, 1.82) is 5.41 Å². The molecule has 11 heteroatoms. The molecule has 0 atom stereocenters. The number of nitro benzene ring substituents is 1. The summed E-state index contributed by atoms with van der Waals surface area (Å²) in [5.74, 6) is -0.140. The summed E-state index contributed by atoms with van der Waals surface area (Å²) in [6.45, 7) is 5.80. The second-order valence-electron chi connectivity index (χ2n) is 7.54. The van der Waals surface area contributed by atoms with Gasteiger partial charge in [0.05, 0.1) is 29.4 Å². The number of methoxy groups -OCH3 is 1. The number of nitrogens with one attached hydrogen (secondary N) is 1. The van der Waals surface area contributed by atoms with E-state index in [-0.39, 0.29) is 17.1 Å². The third-order valence-electron chi connectivity index (χ3n) is 5.35. The smallest absolute Gasteiger partial charge is 0.283 e. The topological polar surface area (TPSA) is 126 Å². The van der Waals surface area contributed by atoms with Gasteiger partial charge in [0.25, 0.3) is 11.6 Å². The SMILES string of the molecule is CCCC1=NN2C(=N)/C(=C\c3cc(C)n(-c4ccc([N+](=O)[O-])cc4OC)c3C)C(=O)N=C2S1. The number of amides is 1. The Morgan fingerprint density at radius 2 is 2.06 bits per heavy atom. The van der Waals surface area contributed by atoms with Gasteiger partial charge < -0.3 is 9.30 Å². The van der Waals surface area contributed by atoms with Crippen LogP contribution >= 0.6 is 11.8 Å². The summed E-state index contributed by atoms with van der Waals surface area (Å²) in [6, 6.07) is 6.31. The van der Waals surface area contributed by atoms with Gasteiger partial charge in [0.2, 0.25) is 5.17 Å². The number of hydrogen-bond donors (Lipinski definition) is 1. The van der Waals surface area contributed by atoms with E-state index in [1.54, 1.807) is 12.1 Å². The lowest BCUT2D eigenvalue weighted by atomic mass is 10.1. The van der Waals surface area contributed by atoms with Gasteiger partial charge >= 0.3 is 0 Å². The molecular formula is C22H22N6O4S. The molecule has 0 unspecified atom stereocenters. The first-order chi connectivity index (χ1) is 15.7. The van der Waals surface area contributed by atoms with E-state index in [0.29, 0.717) is 16.6 Å². The van der Waals surface area contributed by atoms with Crippen LogP contribution in [0.3, 0.4) is 0 Å². The number of benzene rings is 1. The van der Waals surface area contributed by atoms with Gasteiger partial charge in [0.15, 0.2) is 5.84 Å². The molecular weight excluding hydrogens is 444 g/mol. The zero-order chi connectivity index (χ0) is 23.9. The third kappa shape index (κ3) is 3.95. The zero-order valence-electron chi connectivity index (χ0n) is 18.6. The minimum atomic E-state index is -0.482. The molecule has 2 aromatic rings. The van der Waals surface area contributed by atoms with Crippen LogP contribution in [0.5, 0.6) is 5.75 Å². The van der Waals surface area contributed by atoms with E-state index >= 15 is 0 Å². The number of ether oxygens (including phenoxy) is 1. The van der Waals surface area contributed by atoms with Crippen molar-refractivity contribution in [2.24, 2.45) is 10.1 Å². The van der Waals surface area contributed by atoms with Crippen molar-refractivity contribution in [1.82, 2.24) is 9.58 Å². The number of nitro groups is 1. The molecule has 4 rings (SSSR count). The summed E-state index contributed by atoms with van der Waals surface area (Å²) in [5.41, 5.74) is 3.07. The van der Waals surface area contributed by atoms with E-state index in [4.69, 9.17) is 10.1 Å². The standard InChI is InChI=1S/C22H22N6O4S/c1-5-6-19-25-27-20(23)16(21(29)24-22(27)33-19)10-14-9-12(2)26(13(14)3)17-8-7-15(28(30)31)11-18(17)32-4/h7-11,23H,5-6H2,1-4H3/b16-10+,23-20?. The Hall–Kier alpha value is -3.73. The van der Waals surface area contributed by atoms with E-state index < -0.39 is 10.8 Å². The molecule has 0 fully saturated rings. The maximum absolute atomic E-state index is 12.7. The number of amidine groups is 2. The molecule has 0 aliphatic carbocycles. The molecule has 0 bridgehead atoms. The fourth-order valence-electron chi connectivity index (χ4n) is 3.77. The van der Waals surface area contributed by atoms with Crippen LogP contribution in [0.15, 0.2) is 39.9 Å². The first-order valence-electron chi connectivity index (χ1n) is 10.3. The highest BCUT2D eigenvalue weighted by molar-refractivity contribution is 8.26. The van der Waals surface area contributed by atoms with Crippen molar-refractivity contribution in [2.75, 3.05) is 7.11 Å². The molecule has 1 aromatic heterocycles. The lowest BCUT2D eigenvalue weighted by Crippen LogP contribution is -2.35. The third-order valence-corrected chi connectivity index (χ3v) is 6.31. The van der Waals surface area contributed by atoms with Crippen LogP contribution in [0.1, 0.15) is 36.7 Å². The number of nitrogens with zero attached hydrogens (tertiary/aromatic N) is 5. The molecule has 0 saturated heterocycles. The molecule has 1 aromatic carbocycles. The lowest BCUT2D eigenvalue weighted by Gasteiger charge is -2.20. The average molecular weight is 467 g/mol. The maximum atomic E-state index is 12.7. The Bertz CT molecular complexity index is 1290. The van der Waals surface area contributed by atoms with E-state index in [2.05, 4.69) is 10.1 Å². The molecule has 3 heterocycles. The number of hydrogen-bond acceptors (Lipinski definition) is 7. The summed E-state index contributed by atoms with van der Waals surface area (Å²) in [4.78, 5) is 27.5. The Balaban J connectivity index is 1.75. The van der Waals surface area contributed by atoms with Gasteiger partial charge in [-0.25, -0.2) is 0 Å². The summed E-state index contributed by atoms with van der Waals surface area (Å²) in [5, 5.41) is 26.8. The molecule has 1 N–H and O–H groups in total. The van der Waals surface area contributed by atoms with Crippen molar-refractivity contribution >= 4 is 45.5 Å². The Morgan fingerprint density at radius 3 is 2.73 bits per heavy atom. The van der Waals surface area contributed by atoms with Crippen molar-refractivity contribution in [2.45, 2.75) is 33.6 Å². The molecule has 1 amide bonds. The summed E-state index contributed by atoms with van der Waals surface area (Å²) in [7, 11) is 1.46. The summed E-state index contributed by atoms with van der Waals surface area (Å²) < 4.78 is 7.29. The fourth-order valence-corrected chi connectivity index (χ4v) is 4.76. The van der Waals surface area contributed by atoms with Gasteiger partial charge in [-0.15, -0.1) is 0 Å². The summed E-state index contributed by atoms with van der Waals surface area (Å²) in [6.07, 6.45) is 3.31. The van der Waals surface area contributed by atoms with Gasteiger partial charge in [-0.3, -0.25) is 20.3 Å². The van der Waals surface area contributed by atoms with Gasteiger partial charge in [0.1, 0.15) is 10.8 Å². The fraction of sp³-hybridized carbons (Fsp3) is 0.273. The largest absolute Gasteiger partial charge is 0.494 e. The molecule has 2 aliphatic heterocycles. The van der Waals surface area contributed by atoms with Crippen LogP contribution in [0.2, 0.25) is 0 Å². The first kappa shape index (κ1) is 22.5. The van der Waals surface area contributed by atoms with Crippen LogP contribution in [-0.4, -0.2) is 43.6 Å². The molecule has 0 saturated carbocycles. The number of hydrazone groups is 1. The Labute approximate surface area is 194 Å². The van der Waals surface area contributed by atoms with E-state index in [1.165, 1.54) is 36.0 Å². The van der Waals surface area contributed by atoms with Gasteiger partial charge in [-0.2, -0.15) is 15.1 Å². The van der Waals surface area contributed by atoms with Crippen LogP contribution < -0.4 is 4.74 Å². The average Bonchev–Trinajstić information content (AvgIpc) is 3.30.